The van der Waals surface area contributed by atoms with Crippen LogP contribution in [0.25, 0.3) is 0 Å². The number of hydrogen-bond acceptors (Lipinski definition) is 2. The molecule has 0 spiro atoms. The van der Waals surface area contributed by atoms with Crippen LogP contribution in [0.2, 0.25) is 0 Å². The highest BCUT2D eigenvalue weighted by atomic mass is 16.1. The highest BCUT2D eigenvalue weighted by Crippen LogP contribution is 2.10. The molecule has 2 rings (SSSR count). The van der Waals surface area contributed by atoms with Gasteiger partial charge in [-0.2, -0.15) is 0 Å². The molecular formula is C18H22N2O. The molecule has 0 saturated carbocycles. The minimum Gasteiger partial charge on any atom is -0.348 e. The maximum absolute atomic E-state index is 12.2. The van der Waals surface area contributed by atoms with E-state index in [4.69, 9.17) is 5.73 Å². The predicted molar refractivity (Wildman–Crippen MR) is 86.2 cm³/mol. The van der Waals surface area contributed by atoms with Gasteiger partial charge in [-0.15, -0.1) is 0 Å². The van der Waals surface area contributed by atoms with E-state index in [2.05, 4.69) is 24.4 Å². The first-order valence-corrected chi connectivity index (χ1v) is 7.38. The highest BCUT2D eigenvalue weighted by Gasteiger charge is 2.06. The predicted octanol–water partition coefficient (Wildman–Crippen LogP) is 2.68. The summed E-state index contributed by atoms with van der Waals surface area (Å²) >= 11 is 0. The summed E-state index contributed by atoms with van der Waals surface area (Å²) in [5.41, 5.74) is 9.81. The van der Waals surface area contributed by atoms with Gasteiger partial charge in [0.15, 0.2) is 0 Å². The van der Waals surface area contributed by atoms with Gasteiger partial charge in [0, 0.05) is 12.1 Å². The van der Waals surface area contributed by atoms with Crippen LogP contribution in [-0.2, 0) is 19.4 Å². The molecule has 0 aromatic heterocycles. The van der Waals surface area contributed by atoms with Crippen molar-refractivity contribution in [2.24, 2.45) is 5.73 Å². The molecule has 0 radical (unpaired) electrons. The number of amides is 1. The second-order valence-electron chi connectivity index (χ2n) is 5.04. The standard InChI is InChI=1S/C18H22N2O/c1-2-15-5-3-4-6-17(15)13-20-18(21)16-9-7-14(8-10-16)11-12-19/h3-10H,2,11-13,19H2,1H3,(H,20,21). The van der Waals surface area contributed by atoms with Gasteiger partial charge in [-0.25, -0.2) is 0 Å². The first-order chi connectivity index (χ1) is 10.2. The van der Waals surface area contributed by atoms with Gasteiger partial charge in [0.05, 0.1) is 0 Å². The summed E-state index contributed by atoms with van der Waals surface area (Å²) in [6.07, 6.45) is 1.81. The largest absolute Gasteiger partial charge is 0.348 e. The van der Waals surface area contributed by atoms with Crippen molar-refractivity contribution in [3.05, 3.63) is 70.8 Å². The Morgan fingerprint density at radius 3 is 2.33 bits per heavy atom. The van der Waals surface area contributed by atoms with Crippen LogP contribution >= 0.6 is 0 Å². The minimum atomic E-state index is -0.0415. The van der Waals surface area contributed by atoms with Crippen LogP contribution in [-0.4, -0.2) is 12.5 Å². The van der Waals surface area contributed by atoms with Crippen molar-refractivity contribution >= 4 is 5.91 Å². The van der Waals surface area contributed by atoms with Gasteiger partial charge in [0.25, 0.3) is 5.91 Å². The SMILES string of the molecule is CCc1ccccc1CNC(=O)c1ccc(CCN)cc1. The molecule has 0 aliphatic rings. The monoisotopic (exact) mass is 282 g/mol. The normalized spacial score (nSPS) is 10.4. The molecule has 2 aromatic rings. The van der Waals surface area contributed by atoms with Crippen molar-refractivity contribution in [3.8, 4) is 0 Å². The molecule has 1 amide bonds. The lowest BCUT2D eigenvalue weighted by atomic mass is 10.0. The molecular weight excluding hydrogens is 260 g/mol. The van der Waals surface area contributed by atoms with Crippen molar-refractivity contribution in [2.75, 3.05) is 6.54 Å². The highest BCUT2D eigenvalue weighted by molar-refractivity contribution is 5.94. The Kier molecular flexibility index (Phi) is 5.52. The third-order valence-electron chi connectivity index (χ3n) is 3.59. The Balaban J connectivity index is 1.98. The van der Waals surface area contributed by atoms with Gasteiger partial charge in [0.2, 0.25) is 0 Å². The third-order valence-corrected chi connectivity index (χ3v) is 3.59. The van der Waals surface area contributed by atoms with E-state index >= 15 is 0 Å². The Morgan fingerprint density at radius 2 is 1.71 bits per heavy atom. The number of benzene rings is 2. The van der Waals surface area contributed by atoms with E-state index in [-0.39, 0.29) is 5.91 Å². The molecule has 3 heteroatoms. The molecule has 0 saturated heterocycles. The molecule has 0 bridgehead atoms. The molecule has 0 unspecified atom stereocenters. The second-order valence-corrected chi connectivity index (χ2v) is 5.04. The molecule has 21 heavy (non-hydrogen) atoms. The molecule has 0 atom stereocenters. The quantitative estimate of drug-likeness (QED) is 0.856. The Labute approximate surface area is 126 Å². The minimum absolute atomic E-state index is 0.0415. The lowest BCUT2D eigenvalue weighted by Gasteiger charge is -2.09. The fraction of sp³-hybridized carbons (Fsp3) is 0.278. The molecule has 2 aromatic carbocycles. The smallest absolute Gasteiger partial charge is 0.251 e. The van der Waals surface area contributed by atoms with E-state index in [1.165, 1.54) is 11.1 Å². The first kappa shape index (κ1) is 15.3. The fourth-order valence-electron chi connectivity index (χ4n) is 2.34. The average molecular weight is 282 g/mol. The average Bonchev–Trinajstić information content (AvgIpc) is 2.54. The van der Waals surface area contributed by atoms with Crippen LogP contribution < -0.4 is 11.1 Å². The van der Waals surface area contributed by atoms with Crippen molar-refractivity contribution in [3.63, 3.8) is 0 Å². The summed E-state index contributed by atoms with van der Waals surface area (Å²) in [4.78, 5) is 12.2. The van der Waals surface area contributed by atoms with Crippen LogP contribution in [0, 0.1) is 0 Å². The van der Waals surface area contributed by atoms with Crippen LogP contribution in [0.3, 0.4) is 0 Å². The van der Waals surface area contributed by atoms with Crippen LogP contribution in [0.5, 0.6) is 0 Å². The van der Waals surface area contributed by atoms with E-state index in [9.17, 15) is 4.79 Å². The van der Waals surface area contributed by atoms with Crippen LogP contribution in [0.1, 0.15) is 34.0 Å². The van der Waals surface area contributed by atoms with E-state index in [0.717, 1.165) is 18.4 Å². The molecule has 110 valence electrons. The van der Waals surface area contributed by atoms with Crippen molar-refractivity contribution in [1.82, 2.24) is 5.32 Å². The first-order valence-electron chi connectivity index (χ1n) is 7.38. The zero-order valence-corrected chi connectivity index (χ0v) is 12.4. The maximum atomic E-state index is 12.2. The summed E-state index contributed by atoms with van der Waals surface area (Å²) in [6.45, 7) is 3.31. The fourth-order valence-corrected chi connectivity index (χ4v) is 2.34. The Morgan fingerprint density at radius 1 is 1.05 bits per heavy atom. The second kappa shape index (κ2) is 7.60. The van der Waals surface area contributed by atoms with E-state index in [1.54, 1.807) is 0 Å². The van der Waals surface area contributed by atoms with Gasteiger partial charge in [-0.1, -0.05) is 43.3 Å². The third kappa shape index (κ3) is 4.17. The van der Waals surface area contributed by atoms with Gasteiger partial charge >= 0.3 is 0 Å². The maximum Gasteiger partial charge on any atom is 0.251 e. The molecule has 0 fully saturated rings. The number of hydrogen-bond donors (Lipinski definition) is 2. The molecule has 0 aliphatic carbocycles. The zero-order valence-electron chi connectivity index (χ0n) is 12.4. The van der Waals surface area contributed by atoms with Gasteiger partial charge in [-0.05, 0) is 48.2 Å². The van der Waals surface area contributed by atoms with E-state index in [1.807, 2.05) is 36.4 Å². The van der Waals surface area contributed by atoms with Gasteiger partial charge < -0.3 is 11.1 Å². The molecule has 3 N–H and O–H groups in total. The van der Waals surface area contributed by atoms with Crippen LogP contribution in [0.15, 0.2) is 48.5 Å². The number of carbonyl (C=O) groups excluding carboxylic acids is 1. The molecule has 0 heterocycles. The van der Waals surface area contributed by atoms with Crippen LogP contribution in [0.4, 0.5) is 0 Å². The number of nitrogens with two attached hydrogens (primary N) is 1. The van der Waals surface area contributed by atoms with E-state index < -0.39 is 0 Å². The summed E-state index contributed by atoms with van der Waals surface area (Å²) < 4.78 is 0. The van der Waals surface area contributed by atoms with Crippen molar-refractivity contribution in [2.45, 2.75) is 26.3 Å². The topological polar surface area (TPSA) is 55.1 Å². The summed E-state index contributed by atoms with van der Waals surface area (Å²) in [7, 11) is 0. The summed E-state index contributed by atoms with van der Waals surface area (Å²) in [6, 6.07) is 15.8. The molecule has 0 aliphatic heterocycles. The van der Waals surface area contributed by atoms with Gasteiger partial charge in [-0.3, -0.25) is 4.79 Å². The Bertz CT molecular complexity index is 590. The number of aryl methyl sites for hydroxylation is 1. The van der Waals surface area contributed by atoms with Gasteiger partial charge in [0.1, 0.15) is 0 Å². The lowest BCUT2D eigenvalue weighted by molar-refractivity contribution is 0.0951. The number of nitrogens with one attached hydrogen (secondary N) is 1. The lowest BCUT2D eigenvalue weighted by Crippen LogP contribution is -2.23. The van der Waals surface area contributed by atoms with E-state index in [0.29, 0.717) is 18.7 Å². The Hall–Kier alpha value is -2.13. The number of rotatable bonds is 6. The number of carbonyl (C=O) groups is 1. The summed E-state index contributed by atoms with van der Waals surface area (Å²) in [5, 5.41) is 2.98. The molecule has 3 nitrogen and oxygen atoms in total. The van der Waals surface area contributed by atoms with Crippen molar-refractivity contribution < 1.29 is 4.79 Å². The zero-order chi connectivity index (χ0) is 15.1. The summed E-state index contributed by atoms with van der Waals surface area (Å²) in [5.74, 6) is -0.0415. The van der Waals surface area contributed by atoms with Crippen molar-refractivity contribution in [1.29, 1.82) is 0 Å².